The molecule has 118 valence electrons. The molecule has 1 atom stereocenters. The largest absolute Gasteiger partial charge is 0.384 e. The van der Waals surface area contributed by atoms with Crippen LogP contribution in [0.25, 0.3) is 0 Å². The van der Waals surface area contributed by atoms with Crippen LogP contribution in [0.4, 0.5) is 5.69 Å². The van der Waals surface area contributed by atoms with Gasteiger partial charge in [-0.1, -0.05) is 32.9 Å². The summed E-state index contributed by atoms with van der Waals surface area (Å²) in [6, 6.07) is 7.16. The van der Waals surface area contributed by atoms with E-state index in [1.807, 2.05) is 19.1 Å². The number of hydrogen-bond donors (Lipinski definition) is 1. The Labute approximate surface area is 128 Å². The van der Waals surface area contributed by atoms with Gasteiger partial charge in [-0.15, -0.1) is 0 Å². The third-order valence-corrected chi connectivity index (χ3v) is 6.17. The van der Waals surface area contributed by atoms with E-state index in [0.717, 1.165) is 6.42 Å². The van der Waals surface area contributed by atoms with Gasteiger partial charge in [-0.25, -0.2) is 8.42 Å². The molecule has 0 amide bonds. The van der Waals surface area contributed by atoms with Crippen molar-refractivity contribution in [3.05, 3.63) is 24.3 Å². The normalized spacial score (nSPS) is 20.7. The first-order chi connectivity index (χ1) is 9.76. The van der Waals surface area contributed by atoms with E-state index in [0.29, 0.717) is 36.1 Å². The second kappa shape index (κ2) is 5.97. The molecule has 2 rings (SSSR count). The summed E-state index contributed by atoms with van der Waals surface area (Å²) < 4.78 is 27.4. The molecule has 1 aromatic rings. The van der Waals surface area contributed by atoms with Crippen molar-refractivity contribution in [1.82, 2.24) is 4.31 Å². The molecule has 1 saturated heterocycles. The monoisotopic (exact) mass is 310 g/mol. The van der Waals surface area contributed by atoms with E-state index in [-0.39, 0.29) is 5.41 Å². The van der Waals surface area contributed by atoms with Gasteiger partial charge in [0.15, 0.2) is 0 Å². The SMILES string of the molecule is CCNc1ccccc1S(=O)(=O)N1CCC(C(C)(C)C)C1. The van der Waals surface area contributed by atoms with Crippen LogP contribution in [0.2, 0.25) is 0 Å². The Morgan fingerprint density at radius 1 is 1.29 bits per heavy atom. The van der Waals surface area contributed by atoms with Crippen molar-refractivity contribution in [3.8, 4) is 0 Å². The Hall–Kier alpha value is -1.07. The van der Waals surface area contributed by atoms with E-state index in [9.17, 15) is 8.42 Å². The predicted octanol–water partition coefficient (Wildman–Crippen LogP) is 3.18. The van der Waals surface area contributed by atoms with Gasteiger partial charge < -0.3 is 5.32 Å². The van der Waals surface area contributed by atoms with Gasteiger partial charge in [-0.3, -0.25) is 0 Å². The van der Waals surface area contributed by atoms with Gasteiger partial charge in [0.1, 0.15) is 4.90 Å². The second-order valence-corrected chi connectivity index (χ2v) is 8.65. The molecule has 21 heavy (non-hydrogen) atoms. The zero-order chi connectivity index (χ0) is 15.7. The molecule has 0 saturated carbocycles. The van der Waals surface area contributed by atoms with Crippen LogP contribution in [-0.2, 0) is 10.0 Å². The van der Waals surface area contributed by atoms with Gasteiger partial charge in [0.05, 0.1) is 5.69 Å². The van der Waals surface area contributed by atoms with Crippen LogP contribution in [0.15, 0.2) is 29.2 Å². The molecule has 1 unspecified atom stereocenters. The lowest BCUT2D eigenvalue weighted by Crippen LogP contribution is -2.31. The number of sulfonamides is 1. The third-order valence-electron chi connectivity index (χ3n) is 4.25. The zero-order valence-corrected chi connectivity index (χ0v) is 14.2. The number of hydrogen-bond acceptors (Lipinski definition) is 3. The lowest BCUT2D eigenvalue weighted by atomic mass is 9.80. The Bertz CT molecular complexity index is 591. The second-order valence-electron chi connectivity index (χ2n) is 6.74. The van der Waals surface area contributed by atoms with E-state index in [2.05, 4.69) is 26.1 Å². The van der Waals surface area contributed by atoms with Crippen LogP contribution in [-0.4, -0.2) is 32.4 Å². The van der Waals surface area contributed by atoms with Gasteiger partial charge in [0.25, 0.3) is 0 Å². The number of nitrogens with zero attached hydrogens (tertiary/aromatic N) is 1. The fourth-order valence-electron chi connectivity index (χ4n) is 2.82. The maximum absolute atomic E-state index is 12.9. The van der Waals surface area contributed by atoms with Crippen molar-refractivity contribution in [3.63, 3.8) is 0 Å². The minimum absolute atomic E-state index is 0.144. The maximum Gasteiger partial charge on any atom is 0.245 e. The standard InChI is InChI=1S/C16H26N2O2S/c1-5-17-14-8-6-7-9-15(14)21(19,20)18-11-10-13(12-18)16(2,3)4/h6-9,13,17H,5,10-12H2,1-4H3. The van der Waals surface area contributed by atoms with Crippen molar-refractivity contribution < 1.29 is 8.42 Å². The van der Waals surface area contributed by atoms with E-state index in [1.165, 1.54) is 0 Å². The Balaban J connectivity index is 2.28. The minimum atomic E-state index is -3.41. The van der Waals surface area contributed by atoms with Crippen molar-refractivity contribution >= 4 is 15.7 Å². The van der Waals surface area contributed by atoms with Crippen molar-refractivity contribution in [2.45, 2.75) is 39.0 Å². The fourth-order valence-corrected chi connectivity index (χ4v) is 4.49. The minimum Gasteiger partial charge on any atom is -0.384 e. The fraction of sp³-hybridized carbons (Fsp3) is 0.625. The summed E-state index contributed by atoms with van der Waals surface area (Å²) in [6.07, 6.45) is 0.937. The molecule has 1 heterocycles. The summed E-state index contributed by atoms with van der Waals surface area (Å²) in [4.78, 5) is 0.390. The summed E-state index contributed by atoms with van der Waals surface area (Å²) in [6.45, 7) is 10.4. The zero-order valence-electron chi connectivity index (χ0n) is 13.4. The van der Waals surface area contributed by atoms with Crippen LogP contribution in [0.5, 0.6) is 0 Å². The predicted molar refractivity (Wildman–Crippen MR) is 86.9 cm³/mol. The Morgan fingerprint density at radius 2 is 1.95 bits per heavy atom. The average Bonchev–Trinajstić information content (AvgIpc) is 2.90. The molecule has 1 aromatic carbocycles. The number of benzene rings is 1. The summed E-state index contributed by atoms with van der Waals surface area (Å²) >= 11 is 0. The molecule has 1 N–H and O–H groups in total. The highest BCUT2D eigenvalue weighted by molar-refractivity contribution is 7.89. The molecule has 4 nitrogen and oxygen atoms in total. The van der Waals surface area contributed by atoms with Crippen molar-refractivity contribution in [2.24, 2.45) is 11.3 Å². The lowest BCUT2D eigenvalue weighted by molar-refractivity contribution is 0.252. The molecule has 0 aliphatic carbocycles. The molecule has 0 bridgehead atoms. The molecular formula is C16H26N2O2S. The van der Waals surface area contributed by atoms with Crippen molar-refractivity contribution in [1.29, 1.82) is 0 Å². The molecule has 1 fully saturated rings. The maximum atomic E-state index is 12.9. The molecule has 0 aromatic heterocycles. The van der Waals surface area contributed by atoms with Crippen LogP contribution >= 0.6 is 0 Å². The summed E-state index contributed by atoms with van der Waals surface area (Å²) in [5.41, 5.74) is 0.838. The number of anilines is 1. The summed E-state index contributed by atoms with van der Waals surface area (Å²) in [7, 11) is -3.41. The molecule has 0 radical (unpaired) electrons. The molecule has 0 spiro atoms. The Morgan fingerprint density at radius 3 is 2.52 bits per heavy atom. The van der Waals surface area contributed by atoms with Gasteiger partial charge in [-0.2, -0.15) is 4.31 Å². The summed E-state index contributed by atoms with van der Waals surface area (Å²) in [5, 5.41) is 3.14. The van der Waals surface area contributed by atoms with Crippen LogP contribution in [0, 0.1) is 11.3 Å². The van der Waals surface area contributed by atoms with Crippen molar-refractivity contribution in [2.75, 3.05) is 25.0 Å². The smallest absolute Gasteiger partial charge is 0.245 e. The van der Waals surface area contributed by atoms with Gasteiger partial charge >= 0.3 is 0 Å². The third kappa shape index (κ3) is 3.40. The first kappa shape index (κ1) is 16.3. The quantitative estimate of drug-likeness (QED) is 0.929. The van der Waals surface area contributed by atoms with E-state index >= 15 is 0 Å². The highest BCUT2D eigenvalue weighted by Crippen LogP contribution is 2.36. The first-order valence-corrected chi connectivity index (χ1v) is 9.04. The van der Waals surface area contributed by atoms with Gasteiger partial charge in [0, 0.05) is 19.6 Å². The molecule has 5 heteroatoms. The molecule has 1 aliphatic heterocycles. The van der Waals surface area contributed by atoms with Crippen LogP contribution < -0.4 is 5.32 Å². The first-order valence-electron chi connectivity index (χ1n) is 7.60. The van der Waals surface area contributed by atoms with Gasteiger partial charge in [-0.05, 0) is 36.8 Å². The summed E-state index contributed by atoms with van der Waals surface area (Å²) in [5.74, 6) is 0.415. The highest BCUT2D eigenvalue weighted by Gasteiger charge is 2.38. The lowest BCUT2D eigenvalue weighted by Gasteiger charge is -2.27. The molecule has 1 aliphatic rings. The molecular weight excluding hydrogens is 284 g/mol. The van der Waals surface area contributed by atoms with Crippen LogP contribution in [0.3, 0.4) is 0 Å². The number of rotatable bonds is 4. The van der Waals surface area contributed by atoms with E-state index < -0.39 is 10.0 Å². The van der Waals surface area contributed by atoms with E-state index in [1.54, 1.807) is 16.4 Å². The topological polar surface area (TPSA) is 49.4 Å². The van der Waals surface area contributed by atoms with Gasteiger partial charge in [0.2, 0.25) is 10.0 Å². The Kier molecular flexibility index (Phi) is 4.63. The van der Waals surface area contributed by atoms with Crippen LogP contribution in [0.1, 0.15) is 34.1 Å². The van der Waals surface area contributed by atoms with E-state index in [4.69, 9.17) is 0 Å². The highest BCUT2D eigenvalue weighted by atomic mass is 32.2. The average molecular weight is 310 g/mol. The number of para-hydroxylation sites is 1. The number of nitrogens with one attached hydrogen (secondary N) is 1.